The molecule has 0 aliphatic carbocycles. The Balaban J connectivity index is 1.75. The topological polar surface area (TPSA) is 81.1 Å². The SMILES string of the molecule is Cc1cccc(C)c1-c1c(C)c(C(=O)Nc2ccc(S(C)(=O)=O)cc2)cn1Cc1ccccn1. The van der Waals surface area contributed by atoms with Gasteiger partial charge in [-0.15, -0.1) is 0 Å². The number of nitrogens with one attached hydrogen (secondary N) is 1. The minimum Gasteiger partial charge on any atom is -0.340 e. The molecule has 0 saturated carbocycles. The van der Waals surface area contributed by atoms with Gasteiger partial charge in [-0.3, -0.25) is 9.78 Å². The van der Waals surface area contributed by atoms with Crippen molar-refractivity contribution >= 4 is 21.4 Å². The van der Waals surface area contributed by atoms with Crippen LogP contribution in [0.25, 0.3) is 11.3 Å². The van der Waals surface area contributed by atoms with Crippen molar-refractivity contribution < 1.29 is 13.2 Å². The molecule has 0 bridgehead atoms. The fourth-order valence-corrected chi connectivity index (χ4v) is 4.81. The van der Waals surface area contributed by atoms with E-state index in [0.29, 0.717) is 17.8 Å². The third-order valence-electron chi connectivity index (χ3n) is 5.89. The Morgan fingerprint density at radius 1 is 0.941 bits per heavy atom. The molecule has 1 amide bonds. The first-order valence-corrected chi connectivity index (χ1v) is 12.8. The molecule has 0 spiro atoms. The van der Waals surface area contributed by atoms with Gasteiger partial charge in [-0.2, -0.15) is 0 Å². The maximum Gasteiger partial charge on any atom is 0.257 e. The van der Waals surface area contributed by atoms with E-state index in [4.69, 9.17) is 0 Å². The van der Waals surface area contributed by atoms with E-state index in [9.17, 15) is 13.2 Å². The normalized spacial score (nSPS) is 11.4. The highest BCUT2D eigenvalue weighted by molar-refractivity contribution is 7.90. The van der Waals surface area contributed by atoms with Crippen molar-refractivity contribution in [1.29, 1.82) is 0 Å². The Bertz CT molecular complexity index is 1440. The summed E-state index contributed by atoms with van der Waals surface area (Å²) in [6.45, 7) is 6.63. The number of aryl methyl sites for hydroxylation is 2. The van der Waals surface area contributed by atoms with Gasteiger partial charge in [-0.1, -0.05) is 24.3 Å². The first-order chi connectivity index (χ1) is 16.1. The van der Waals surface area contributed by atoms with E-state index in [1.807, 2.05) is 37.4 Å². The van der Waals surface area contributed by atoms with Crippen LogP contribution < -0.4 is 5.32 Å². The van der Waals surface area contributed by atoms with Crippen molar-refractivity contribution in [2.24, 2.45) is 0 Å². The van der Waals surface area contributed by atoms with E-state index in [1.165, 1.54) is 12.1 Å². The zero-order chi connectivity index (χ0) is 24.5. The predicted molar refractivity (Wildman–Crippen MR) is 135 cm³/mol. The molecule has 2 heterocycles. The monoisotopic (exact) mass is 473 g/mol. The molecule has 34 heavy (non-hydrogen) atoms. The molecule has 0 fully saturated rings. The standard InChI is InChI=1S/C27H27N3O3S/c1-18-8-7-9-19(2)25(18)26-20(3)24(17-30(26)16-22-10-5-6-15-28-22)27(31)29-21-11-13-23(14-12-21)34(4,32)33/h5-15,17H,16H2,1-4H3,(H,29,31). The molecule has 7 heteroatoms. The average Bonchev–Trinajstić information content (AvgIpc) is 3.10. The van der Waals surface area contributed by atoms with E-state index in [2.05, 4.69) is 40.8 Å². The molecule has 4 aromatic rings. The van der Waals surface area contributed by atoms with E-state index >= 15 is 0 Å². The summed E-state index contributed by atoms with van der Waals surface area (Å²) < 4.78 is 25.5. The summed E-state index contributed by atoms with van der Waals surface area (Å²) in [4.78, 5) is 17.9. The van der Waals surface area contributed by atoms with Gasteiger partial charge in [0, 0.05) is 29.9 Å². The number of nitrogens with zero attached hydrogens (tertiary/aromatic N) is 2. The van der Waals surface area contributed by atoms with Crippen molar-refractivity contribution in [1.82, 2.24) is 9.55 Å². The second-order valence-corrected chi connectivity index (χ2v) is 10.5. The van der Waals surface area contributed by atoms with Gasteiger partial charge >= 0.3 is 0 Å². The lowest BCUT2D eigenvalue weighted by Crippen LogP contribution is -2.12. The number of carbonyl (C=O) groups is 1. The third-order valence-corrected chi connectivity index (χ3v) is 7.02. The van der Waals surface area contributed by atoms with E-state index in [0.717, 1.165) is 39.9 Å². The Labute approximate surface area is 200 Å². The van der Waals surface area contributed by atoms with E-state index in [-0.39, 0.29) is 10.8 Å². The van der Waals surface area contributed by atoms with Gasteiger partial charge in [-0.25, -0.2) is 8.42 Å². The fraction of sp³-hybridized carbons (Fsp3) is 0.185. The lowest BCUT2D eigenvalue weighted by molar-refractivity contribution is 0.102. The molecule has 0 aliphatic heterocycles. The van der Waals surface area contributed by atoms with Crippen LogP contribution in [0.3, 0.4) is 0 Å². The van der Waals surface area contributed by atoms with Crippen LogP contribution in [0.1, 0.15) is 32.7 Å². The summed E-state index contributed by atoms with van der Waals surface area (Å²) in [5.74, 6) is -0.253. The molecule has 1 N–H and O–H groups in total. The second-order valence-electron chi connectivity index (χ2n) is 8.48. The van der Waals surface area contributed by atoms with Crippen LogP contribution in [0.5, 0.6) is 0 Å². The van der Waals surface area contributed by atoms with Crippen LogP contribution in [0, 0.1) is 20.8 Å². The summed E-state index contributed by atoms with van der Waals surface area (Å²) in [5, 5.41) is 2.90. The highest BCUT2D eigenvalue weighted by Crippen LogP contribution is 2.34. The Hall–Kier alpha value is -3.71. The highest BCUT2D eigenvalue weighted by Gasteiger charge is 2.22. The number of sulfone groups is 1. The predicted octanol–water partition coefficient (Wildman–Crippen LogP) is 5.18. The molecule has 0 radical (unpaired) electrons. The summed E-state index contributed by atoms with van der Waals surface area (Å²) >= 11 is 0. The fourth-order valence-electron chi connectivity index (χ4n) is 4.18. The smallest absolute Gasteiger partial charge is 0.257 e. The molecule has 4 rings (SSSR count). The summed E-state index contributed by atoms with van der Waals surface area (Å²) in [7, 11) is -3.30. The van der Waals surface area contributed by atoms with Crippen LogP contribution in [-0.4, -0.2) is 30.1 Å². The molecule has 174 valence electrons. The molecule has 6 nitrogen and oxygen atoms in total. The number of amides is 1. The lowest BCUT2D eigenvalue weighted by Gasteiger charge is -2.15. The molecule has 0 saturated heterocycles. The van der Waals surface area contributed by atoms with Crippen molar-refractivity contribution in [3.63, 3.8) is 0 Å². The zero-order valence-corrected chi connectivity index (χ0v) is 20.5. The zero-order valence-electron chi connectivity index (χ0n) is 19.7. The molecule has 0 aliphatic rings. The first kappa shape index (κ1) is 23.4. The molecule has 0 atom stereocenters. The van der Waals surface area contributed by atoms with Crippen LogP contribution in [0.2, 0.25) is 0 Å². The quantitative estimate of drug-likeness (QED) is 0.418. The second kappa shape index (κ2) is 9.27. The number of hydrogen-bond acceptors (Lipinski definition) is 4. The number of anilines is 1. The summed E-state index contributed by atoms with van der Waals surface area (Å²) in [5.41, 5.74) is 7.21. The Kier molecular flexibility index (Phi) is 6.39. The highest BCUT2D eigenvalue weighted by atomic mass is 32.2. The Morgan fingerprint density at radius 3 is 2.21 bits per heavy atom. The number of hydrogen-bond donors (Lipinski definition) is 1. The van der Waals surface area contributed by atoms with Crippen molar-refractivity contribution in [2.75, 3.05) is 11.6 Å². The van der Waals surface area contributed by atoms with Gasteiger partial charge in [0.1, 0.15) is 0 Å². The molecular weight excluding hydrogens is 446 g/mol. The minimum absolute atomic E-state index is 0.209. The van der Waals surface area contributed by atoms with Crippen molar-refractivity contribution in [3.8, 4) is 11.3 Å². The number of benzene rings is 2. The van der Waals surface area contributed by atoms with Crippen LogP contribution in [-0.2, 0) is 16.4 Å². The van der Waals surface area contributed by atoms with Gasteiger partial charge in [-0.05, 0) is 73.9 Å². The molecule has 0 unspecified atom stereocenters. The van der Waals surface area contributed by atoms with Crippen LogP contribution >= 0.6 is 0 Å². The van der Waals surface area contributed by atoms with Crippen LogP contribution in [0.15, 0.2) is 78.0 Å². The van der Waals surface area contributed by atoms with E-state index in [1.54, 1.807) is 18.3 Å². The first-order valence-electron chi connectivity index (χ1n) is 10.9. The number of pyridine rings is 1. The van der Waals surface area contributed by atoms with Crippen molar-refractivity contribution in [2.45, 2.75) is 32.2 Å². The maximum atomic E-state index is 13.3. The summed E-state index contributed by atoms with van der Waals surface area (Å²) in [6, 6.07) is 18.2. The maximum absolute atomic E-state index is 13.3. The lowest BCUT2D eigenvalue weighted by atomic mass is 9.96. The number of rotatable bonds is 6. The minimum atomic E-state index is -3.30. The number of carbonyl (C=O) groups excluding carboxylic acids is 1. The van der Waals surface area contributed by atoms with Gasteiger partial charge in [0.05, 0.1) is 28.4 Å². The molecule has 2 aromatic carbocycles. The molecule has 2 aromatic heterocycles. The van der Waals surface area contributed by atoms with E-state index < -0.39 is 9.84 Å². The van der Waals surface area contributed by atoms with Gasteiger partial charge in [0.15, 0.2) is 9.84 Å². The number of aromatic nitrogens is 2. The van der Waals surface area contributed by atoms with Gasteiger partial charge in [0.2, 0.25) is 0 Å². The third kappa shape index (κ3) is 4.79. The van der Waals surface area contributed by atoms with Crippen LogP contribution in [0.4, 0.5) is 5.69 Å². The van der Waals surface area contributed by atoms with Gasteiger partial charge < -0.3 is 9.88 Å². The largest absolute Gasteiger partial charge is 0.340 e. The molecular formula is C27H27N3O3S. The van der Waals surface area contributed by atoms with Crippen molar-refractivity contribution in [3.05, 3.63) is 101 Å². The average molecular weight is 474 g/mol. The van der Waals surface area contributed by atoms with Gasteiger partial charge in [0.25, 0.3) is 5.91 Å². The summed E-state index contributed by atoms with van der Waals surface area (Å²) in [6.07, 6.45) is 4.78. The Morgan fingerprint density at radius 2 is 1.62 bits per heavy atom.